The summed E-state index contributed by atoms with van der Waals surface area (Å²) in [5, 5.41) is 8.81. The van der Waals surface area contributed by atoms with Crippen LogP contribution in [0.2, 0.25) is 0 Å². The molecule has 1 aliphatic heterocycles. The number of aromatic nitrogens is 2. The quantitative estimate of drug-likeness (QED) is 0.805. The molecule has 0 unspecified atom stereocenters. The van der Waals surface area contributed by atoms with E-state index < -0.39 is 0 Å². The molecule has 1 aromatic heterocycles. The van der Waals surface area contributed by atoms with Gasteiger partial charge in [0, 0.05) is 37.9 Å². The Labute approximate surface area is 100 Å². The second kappa shape index (κ2) is 5.31. The highest BCUT2D eigenvalue weighted by Crippen LogP contribution is 2.18. The van der Waals surface area contributed by atoms with Crippen molar-refractivity contribution in [1.29, 1.82) is 0 Å². The van der Waals surface area contributed by atoms with E-state index in [-0.39, 0.29) is 12.2 Å². The maximum Gasteiger partial charge on any atom is 0.255 e. The third-order valence-corrected chi connectivity index (χ3v) is 3.20. The predicted octanol–water partition coefficient (Wildman–Crippen LogP) is 0.541. The molecule has 1 saturated heterocycles. The van der Waals surface area contributed by atoms with Crippen LogP contribution in [-0.2, 0) is 6.42 Å². The van der Waals surface area contributed by atoms with E-state index in [9.17, 15) is 4.79 Å². The highest BCUT2D eigenvalue weighted by Gasteiger charge is 2.18. The molecule has 2 rings (SSSR count). The molecule has 2 N–H and O–H groups in total. The third kappa shape index (κ3) is 2.85. The summed E-state index contributed by atoms with van der Waals surface area (Å²) >= 11 is 0. The smallest absolute Gasteiger partial charge is 0.255 e. The summed E-state index contributed by atoms with van der Waals surface area (Å²) in [4.78, 5) is 20.9. The maximum atomic E-state index is 11.7. The van der Waals surface area contributed by atoms with Crippen LogP contribution < -0.4 is 10.5 Å². The molecule has 5 nitrogen and oxygen atoms in total. The van der Waals surface area contributed by atoms with Crippen LogP contribution in [0.1, 0.15) is 25.3 Å². The first-order valence-electron chi connectivity index (χ1n) is 6.14. The van der Waals surface area contributed by atoms with Gasteiger partial charge in [-0.25, -0.2) is 4.98 Å². The average molecular weight is 237 g/mol. The van der Waals surface area contributed by atoms with E-state index in [2.05, 4.69) is 21.8 Å². The molecule has 1 fully saturated rings. The first kappa shape index (κ1) is 12.1. The van der Waals surface area contributed by atoms with E-state index in [1.807, 2.05) is 0 Å². The number of hydrogen-bond donors (Lipinski definition) is 2. The fraction of sp³-hybridized carbons (Fsp3) is 0.667. The summed E-state index contributed by atoms with van der Waals surface area (Å²) < 4.78 is 0. The zero-order valence-electron chi connectivity index (χ0n) is 10.1. The monoisotopic (exact) mass is 237 g/mol. The van der Waals surface area contributed by atoms with Gasteiger partial charge >= 0.3 is 0 Å². The van der Waals surface area contributed by atoms with E-state index in [0.29, 0.717) is 23.9 Å². The molecule has 2 heterocycles. The van der Waals surface area contributed by atoms with Crippen molar-refractivity contribution >= 4 is 5.95 Å². The summed E-state index contributed by atoms with van der Waals surface area (Å²) in [6.45, 7) is 4.09. The molecule has 0 aromatic carbocycles. The number of anilines is 1. The fourth-order valence-corrected chi connectivity index (χ4v) is 2.25. The molecular formula is C12H19N3O2. The van der Waals surface area contributed by atoms with Crippen molar-refractivity contribution in [3.05, 3.63) is 22.1 Å². The number of aliphatic hydroxyl groups excluding tert-OH is 1. The second-order valence-corrected chi connectivity index (χ2v) is 4.73. The van der Waals surface area contributed by atoms with Gasteiger partial charge in [0.05, 0.1) is 0 Å². The Morgan fingerprint density at radius 1 is 1.65 bits per heavy atom. The molecular weight excluding hydrogens is 218 g/mol. The van der Waals surface area contributed by atoms with Crippen molar-refractivity contribution in [2.45, 2.75) is 26.2 Å². The molecule has 17 heavy (non-hydrogen) atoms. The Bertz CT molecular complexity index is 430. The lowest BCUT2D eigenvalue weighted by Crippen LogP contribution is -2.36. The second-order valence-electron chi connectivity index (χ2n) is 4.73. The number of H-pyrrole nitrogens is 1. The Kier molecular flexibility index (Phi) is 3.78. The summed E-state index contributed by atoms with van der Waals surface area (Å²) in [5.74, 6) is 1.30. The van der Waals surface area contributed by atoms with Crippen LogP contribution in [0.5, 0.6) is 0 Å². The number of aliphatic hydroxyl groups is 1. The van der Waals surface area contributed by atoms with Crippen LogP contribution >= 0.6 is 0 Å². The van der Waals surface area contributed by atoms with Gasteiger partial charge in [0.1, 0.15) is 0 Å². The minimum absolute atomic E-state index is 0.0230. The maximum absolute atomic E-state index is 11.7. The minimum Gasteiger partial charge on any atom is -0.396 e. The lowest BCUT2D eigenvalue weighted by Gasteiger charge is -2.31. The summed E-state index contributed by atoms with van der Waals surface area (Å²) in [5.41, 5.74) is 0.406. The number of aromatic amines is 1. The summed E-state index contributed by atoms with van der Waals surface area (Å²) in [6, 6.07) is 0. The topological polar surface area (TPSA) is 69.2 Å². The van der Waals surface area contributed by atoms with Gasteiger partial charge in [-0.1, -0.05) is 6.92 Å². The highest BCUT2D eigenvalue weighted by atomic mass is 16.3. The van der Waals surface area contributed by atoms with Crippen molar-refractivity contribution in [2.75, 3.05) is 24.6 Å². The van der Waals surface area contributed by atoms with Crippen LogP contribution in [0, 0.1) is 5.92 Å². The molecule has 1 aliphatic rings. The fourth-order valence-electron chi connectivity index (χ4n) is 2.25. The Morgan fingerprint density at radius 2 is 2.47 bits per heavy atom. The molecule has 94 valence electrons. The number of nitrogens with zero attached hydrogens (tertiary/aromatic N) is 2. The molecule has 1 atom stereocenters. The van der Waals surface area contributed by atoms with Crippen molar-refractivity contribution < 1.29 is 5.11 Å². The summed E-state index contributed by atoms with van der Waals surface area (Å²) in [6.07, 6.45) is 4.31. The highest BCUT2D eigenvalue weighted by molar-refractivity contribution is 5.30. The van der Waals surface area contributed by atoms with Crippen molar-refractivity contribution in [1.82, 2.24) is 9.97 Å². The molecule has 5 heteroatoms. The number of nitrogens with one attached hydrogen (secondary N) is 1. The van der Waals surface area contributed by atoms with Crippen LogP contribution in [0.15, 0.2) is 11.0 Å². The molecule has 0 bridgehead atoms. The summed E-state index contributed by atoms with van der Waals surface area (Å²) in [7, 11) is 0. The molecule has 0 aliphatic carbocycles. The van der Waals surface area contributed by atoms with Crippen LogP contribution in [0.3, 0.4) is 0 Å². The number of hydrogen-bond acceptors (Lipinski definition) is 4. The number of rotatable bonds is 3. The Balaban J connectivity index is 2.16. The number of piperidine rings is 1. The van der Waals surface area contributed by atoms with Crippen LogP contribution in [-0.4, -0.2) is 34.8 Å². The van der Waals surface area contributed by atoms with Crippen molar-refractivity contribution in [3.8, 4) is 0 Å². The molecule has 0 radical (unpaired) electrons. The van der Waals surface area contributed by atoms with E-state index >= 15 is 0 Å². The first-order valence-corrected chi connectivity index (χ1v) is 6.14. The Morgan fingerprint density at radius 3 is 3.12 bits per heavy atom. The Hall–Kier alpha value is -1.36. The molecule has 1 aromatic rings. The van der Waals surface area contributed by atoms with Gasteiger partial charge in [0.25, 0.3) is 5.56 Å². The predicted molar refractivity (Wildman–Crippen MR) is 66.3 cm³/mol. The minimum atomic E-state index is -0.137. The SMILES string of the molecule is C[C@@H]1CCCN(c2ncc(CCO)c(=O)[nH]2)C1. The lowest BCUT2D eigenvalue weighted by atomic mass is 10.0. The first-order chi connectivity index (χ1) is 8.20. The van der Waals surface area contributed by atoms with E-state index in [4.69, 9.17) is 5.11 Å². The molecule has 0 amide bonds. The zero-order chi connectivity index (χ0) is 12.3. The largest absolute Gasteiger partial charge is 0.396 e. The molecule has 0 saturated carbocycles. The van der Waals surface area contributed by atoms with Crippen LogP contribution in [0.4, 0.5) is 5.95 Å². The normalized spacial score (nSPS) is 20.6. The standard InChI is InChI=1S/C12H19N3O2/c1-9-3-2-5-15(8-9)12-13-7-10(4-6-16)11(17)14-12/h7,9,16H,2-6,8H2,1H3,(H,13,14,17)/t9-/m1/s1. The van der Waals surface area contributed by atoms with Crippen molar-refractivity contribution in [2.24, 2.45) is 5.92 Å². The van der Waals surface area contributed by atoms with E-state index in [1.165, 1.54) is 6.42 Å². The van der Waals surface area contributed by atoms with Gasteiger partial charge in [-0.05, 0) is 18.8 Å². The average Bonchev–Trinajstić information content (AvgIpc) is 2.32. The van der Waals surface area contributed by atoms with E-state index in [0.717, 1.165) is 19.5 Å². The van der Waals surface area contributed by atoms with Gasteiger partial charge in [0.15, 0.2) is 0 Å². The third-order valence-electron chi connectivity index (χ3n) is 3.20. The van der Waals surface area contributed by atoms with Gasteiger partial charge in [-0.15, -0.1) is 0 Å². The van der Waals surface area contributed by atoms with E-state index in [1.54, 1.807) is 6.20 Å². The lowest BCUT2D eigenvalue weighted by molar-refractivity contribution is 0.299. The van der Waals surface area contributed by atoms with Gasteiger partial charge in [-0.2, -0.15) is 0 Å². The van der Waals surface area contributed by atoms with Crippen molar-refractivity contribution in [3.63, 3.8) is 0 Å². The van der Waals surface area contributed by atoms with Gasteiger partial charge < -0.3 is 10.0 Å². The van der Waals surface area contributed by atoms with Gasteiger partial charge in [-0.3, -0.25) is 9.78 Å². The molecule has 0 spiro atoms. The zero-order valence-corrected chi connectivity index (χ0v) is 10.1. The van der Waals surface area contributed by atoms with Gasteiger partial charge in [0.2, 0.25) is 5.95 Å². The van der Waals surface area contributed by atoms with Crippen LogP contribution in [0.25, 0.3) is 0 Å².